The molecule has 0 bridgehead atoms. The minimum Gasteiger partial charge on any atom is -0.495 e. The van der Waals surface area contributed by atoms with Gasteiger partial charge in [0, 0.05) is 0 Å². The van der Waals surface area contributed by atoms with Crippen LogP contribution in [0, 0.1) is 11.8 Å². The van der Waals surface area contributed by atoms with Gasteiger partial charge in [0.1, 0.15) is 5.75 Å². The molecule has 0 amide bonds. The van der Waals surface area contributed by atoms with Crippen LogP contribution in [-0.2, 0) is 5.60 Å². The van der Waals surface area contributed by atoms with Crippen molar-refractivity contribution in [2.75, 3.05) is 7.11 Å². The van der Waals surface area contributed by atoms with Crippen molar-refractivity contribution in [3.05, 3.63) is 28.8 Å². The molecular formula is C16H23ClO2. The lowest BCUT2D eigenvalue weighted by atomic mass is 9.72. The third kappa shape index (κ3) is 3.06. The molecule has 1 aliphatic carbocycles. The van der Waals surface area contributed by atoms with Gasteiger partial charge in [-0.3, -0.25) is 0 Å². The molecule has 1 aromatic carbocycles. The first kappa shape index (κ1) is 14.7. The fourth-order valence-corrected chi connectivity index (χ4v) is 3.22. The van der Waals surface area contributed by atoms with E-state index in [0.29, 0.717) is 16.7 Å². The van der Waals surface area contributed by atoms with Crippen LogP contribution in [0.3, 0.4) is 0 Å². The maximum absolute atomic E-state index is 10.9. The highest BCUT2D eigenvalue weighted by Gasteiger charge is 2.35. The molecule has 1 N–H and O–H groups in total. The summed E-state index contributed by atoms with van der Waals surface area (Å²) in [6, 6.07) is 5.60. The molecule has 1 fully saturated rings. The molecule has 2 rings (SSSR count). The van der Waals surface area contributed by atoms with Crippen LogP contribution < -0.4 is 4.74 Å². The number of benzene rings is 1. The van der Waals surface area contributed by atoms with E-state index in [2.05, 4.69) is 13.8 Å². The zero-order chi connectivity index (χ0) is 14.0. The minimum atomic E-state index is -0.719. The van der Waals surface area contributed by atoms with Crippen molar-refractivity contribution < 1.29 is 9.84 Å². The molecular weight excluding hydrogens is 260 g/mol. The average molecular weight is 283 g/mol. The molecule has 0 aliphatic heterocycles. The molecule has 0 saturated heterocycles. The fraction of sp³-hybridized carbons (Fsp3) is 0.625. The van der Waals surface area contributed by atoms with Gasteiger partial charge in [-0.2, -0.15) is 0 Å². The van der Waals surface area contributed by atoms with E-state index in [4.69, 9.17) is 16.3 Å². The number of rotatable bonds is 3. The highest BCUT2D eigenvalue weighted by molar-refractivity contribution is 6.32. The van der Waals surface area contributed by atoms with Gasteiger partial charge in [-0.25, -0.2) is 0 Å². The molecule has 0 spiro atoms. The third-order valence-electron chi connectivity index (χ3n) is 4.49. The summed E-state index contributed by atoms with van der Waals surface area (Å²) in [7, 11) is 1.60. The van der Waals surface area contributed by atoms with E-state index < -0.39 is 5.60 Å². The van der Waals surface area contributed by atoms with Gasteiger partial charge < -0.3 is 9.84 Å². The molecule has 19 heavy (non-hydrogen) atoms. The number of hydrogen-bond donors (Lipinski definition) is 1. The fourth-order valence-electron chi connectivity index (χ4n) is 3.02. The Morgan fingerprint density at radius 2 is 1.95 bits per heavy atom. The van der Waals surface area contributed by atoms with Gasteiger partial charge in [-0.05, 0) is 55.2 Å². The number of aliphatic hydroxyl groups is 1. The standard InChI is InChI=1S/C16H23ClO2/c1-11(2)12-6-8-16(18,9-7-12)13-4-5-14(17)15(10-13)19-3/h4-5,10-12,18H,6-9H2,1-3H3. The van der Waals surface area contributed by atoms with Crippen LogP contribution in [0.1, 0.15) is 45.1 Å². The van der Waals surface area contributed by atoms with Crippen molar-refractivity contribution in [3.8, 4) is 5.75 Å². The first-order valence-corrected chi connectivity index (χ1v) is 7.40. The Balaban J connectivity index is 2.17. The van der Waals surface area contributed by atoms with Crippen LogP contribution in [0.25, 0.3) is 0 Å². The van der Waals surface area contributed by atoms with Crippen molar-refractivity contribution in [3.63, 3.8) is 0 Å². The van der Waals surface area contributed by atoms with E-state index in [1.165, 1.54) is 0 Å². The van der Waals surface area contributed by atoms with Gasteiger partial charge in [0.15, 0.2) is 0 Å². The van der Waals surface area contributed by atoms with Crippen LogP contribution in [0.15, 0.2) is 18.2 Å². The largest absolute Gasteiger partial charge is 0.495 e. The van der Waals surface area contributed by atoms with E-state index in [-0.39, 0.29) is 0 Å². The van der Waals surface area contributed by atoms with E-state index >= 15 is 0 Å². The topological polar surface area (TPSA) is 29.5 Å². The molecule has 1 aliphatic rings. The zero-order valence-electron chi connectivity index (χ0n) is 11.9. The monoisotopic (exact) mass is 282 g/mol. The molecule has 1 saturated carbocycles. The lowest BCUT2D eigenvalue weighted by Gasteiger charge is -2.38. The Morgan fingerprint density at radius 3 is 2.47 bits per heavy atom. The highest BCUT2D eigenvalue weighted by atomic mass is 35.5. The van der Waals surface area contributed by atoms with Crippen LogP contribution in [0.4, 0.5) is 0 Å². The van der Waals surface area contributed by atoms with Crippen LogP contribution in [-0.4, -0.2) is 12.2 Å². The molecule has 2 nitrogen and oxygen atoms in total. The SMILES string of the molecule is COc1cc(C2(O)CCC(C(C)C)CC2)ccc1Cl. The third-order valence-corrected chi connectivity index (χ3v) is 4.80. The average Bonchev–Trinajstić information content (AvgIpc) is 2.39. The first-order valence-electron chi connectivity index (χ1n) is 7.02. The van der Waals surface area contributed by atoms with E-state index in [9.17, 15) is 5.11 Å². The summed E-state index contributed by atoms with van der Waals surface area (Å²) >= 11 is 6.04. The summed E-state index contributed by atoms with van der Waals surface area (Å²) in [5, 5.41) is 11.4. The maximum atomic E-state index is 10.9. The van der Waals surface area contributed by atoms with Crippen molar-refractivity contribution in [1.29, 1.82) is 0 Å². The first-order chi connectivity index (χ1) is 8.96. The molecule has 0 heterocycles. The molecule has 0 aromatic heterocycles. The molecule has 3 heteroatoms. The molecule has 1 aromatic rings. The van der Waals surface area contributed by atoms with Crippen molar-refractivity contribution in [2.45, 2.75) is 45.1 Å². The van der Waals surface area contributed by atoms with Gasteiger partial charge in [0.05, 0.1) is 17.7 Å². The van der Waals surface area contributed by atoms with Gasteiger partial charge in [-0.15, -0.1) is 0 Å². The number of ether oxygens (including phenoxy) is 1. The number of methoxy groups -OCH3 is 1. The smallest absolute Gasteiger partial charge is 0.137 e. The van der Waals surface area contributed by atoms with E-state index in [1.54, 1.807) is 7.11 Å². The van der Waals surface area contributed by atoms with Crippen LogP contribution in [0.5, 0.6) is 5.75 Å². The number of hydrogen-bond acceptors (Lipinski definition) is 2. The van der Waals surface area contributed by atoms with Crippen molar-refractivity contribution >= 4 is 11.6 Å². The van der Waals surface area contributed by atoms with Crippen molar-refractivity contribution in [1.82, 2.24) is 0 Å². The summed E-state index contributed by atoms with van der Waals surface area (Å²) < 4.78 is 5.24. The quantitative estimate of drug-likeness (QED) is 0.891. The summed E-state index contributed by atoms with van der Waals surface area (Å²) in [4.78, 5) is 0. The van der Waals surface area contributed by atoms with Gasteiger partial charge >= 0.3 is 0 Å². The summed E-state index contributed by atoms with van der Waals surface area (Å²) in [6.45, 7) is 4.53. The summed E-state index contributed by atoms with van der Waals surface area (Å²) in [5.74, 6) is 2.07. The van der Waals surface area contributed by atoms with Crippen LogP contribution in [0.2, 0.25) is 5.02 Å². The lowest BCUT2D eigenvalue weighted by molar-refractivity contribution is -0.0201. The Hall–Kier alpha value is -0.730. The summed E-state index contributed by atoms with van der Waals surface area (Å²) in [5.41, 5.74) is 0.208. The second kappa shape index (κ2) is 5.72. The second-order valence-corrected chi connectivity index (χ2v) is 6.37. The van der Waals surface area contributed by atoms with Gasteiger partial charge in [-0.1, -0.05) is 31.5 Å². The Morgan fingerprint density at radius 1 is 1.32 bits per heavy atom. The zero-order valence-corrected chi connectivity index (χ0v) is 12.7. The molecule has 0 atom stereocenters. The predicted molar refractivity (Wildman–Crippen MR) is 78.7 cm³/mol. The minimum absolute atomic E-state index is 0.589. The summed E-state index contributed by atoms with van der Waals surface area (Å²) in [6.07, 6.45) is 3.81. The normalized spacial score (nSPS) is 27.6. The van der Waals surface area contributed by atoms with Gasteiger partial charge in [0.25, 0.3) is 0 Å². The van der Waals surface area contributed by atoms with Gasteiger partial charge in [0.2, 0.25) is 0 Å². The molecule has 0 unspecified atom stereocenters. The van der Waals surface area contributed by atoms with Crippen molar-refractivity contribution in [2.24, 2.45) is 11.8 Å². The lowest BCUT2D eigenvalue weighted by Crippen LogP contribution is -2.32. The van der Waals surface area contributed by atoms with E-state index in [0.717, 1.165) is 37.2 Å². The molecule has 0 radical (unpaired) electrons. The maximum Gasteiger partial charge on any atom is 0.137 e. The second-order valence-electron chi connectivity index (χ2n) is 5.96. The van der Waals surface area contributed by atoms with Crippen LogP contribution >= 0.6 is 11.6 Å². The number of halogens is 1. The Kier molecular flexibility index (Phi) is 4.42. The van der Waals surface area contributed by atoms with E-state index in [1.807, 2.05) is 18.2 Å². The Bertz CT molecular complexity index is 434. The predicted octanol–water partition coefficient (Wildman–Crippen LogP) is 4.38. The molecule has 106 valence electrons. The Labute approximate surface area is 120 Å². The highest BCUT2D eigenvalue weighted by Crippen LogP contribution is 2.43.